The third kappa shape index (κ3) is 2.88. The monoisotopic (exact) mass is 330 g/mol. The molecule has 6 heteroatoms. The fraction of sp³-hybridized carbons (Fsp3) is 0.0833. The first-order chi connectivity index (χ1) is 8.58. The van der Waals surface area contributed by atoms with E-state index in [1.165, 1.54) is 6.07 Å². The molecule has 1 aromatic carbocycles. The molecule has 0 aliphatic heterocycles. The van der Waals surface area contributed by atoms with Crippen molar-refractivity contribution in [1.29, 1.82) is 0 Å². The van der Waals surface area contributed by atoms with Gasteiger partial charge in [0.2, 0.25) is 0 Å². The Morgan fingerprint density at radius 1 is 1.44 bits per heavy atom. The number of carboxylic acids is 1. The van der Waals surface area contributed by atoms with E-state index in [0.717, 1.165) is 11.3 Å². The Kier molecular flexibility index (Phi) is 3.98. The number of thiophene rings is 1. The van der Waals surface area contributed by atoms with Crippen molar-refractivity contribution in [1.82, 2.24) is 0 Å². The molecule has 0 spiro atoms. The van der Waals surface area contributed by atoms with Crippen LogP contribution < -0.4 is 4.74 Å². The molecule has 0 aliphatic rings. The zero-order valence-corrected chi connectivity index (χ0v) is 11.4. The van der Waals surface area contributed by atoms with Gasteiger partial charge in [0.1, 0.15) is 18.2 Å². The minimum atomic E-state index is -1.05. The smallest absolute Gasteiger partial charge is 0.349 e. The van der Waals surface area contributed by atoms with E-state index in [-0.39, 0.29) is 17.2 Å². The number of carboxylic acid groups (broad SMARTS) is 1. The highest BCUT2D eigenvalue weighted by Crippen LogP contribution is 2.26. The standard InChI is InChI=1S/C12H8BrFO3S/c13-8-2-1-7(9(14)5-8)6-17-10-3-4-18-11(10)12(15)16/h1-5H,6H2,(H,15,16). The minimum absolute atomic E-state index is 0.00384. The lowest BCUT2D eigenvalue weighted by Crippen LogP contribution is -2.01. The summed E-state index contributed by atoms with van der Waals surface area (Å²) in [5, 5.41) is 10.5. The van der Waals surface area contributed by atoms with Crippen LogP contribution in [0.15, 0.2) is 34.1 Å². The van der Waals surface area contributed by atoms with Crippen LogP contribution in [0.3, 0.4) is 0 Å². The van der Waals surface area contributed by atoms with Crippen LogP contribution in [-0.2, 0) is 6.61 Å². The van der Waals surface area contributed by atoms with Gasteiger partial charge in [-0.15, -0.1) is 11.3 Å². The van der Waals surface area contributed by atoms with Crippen molar-refractivity contribution >= 4 is 33.2 Å². The molecule has 1 heterocycles. The van der Waals surface area contributed by atoms with Crippen LogP contribution in [0.2, 0.25) is 0 Å². The highest BCUT2D eigenvalue weighted by Gasteiger charge is 2.13. The average molecular weight is 331 g/mol. The van der Waals surface area contributed by atoms with Crippen molar-refractivity contribution in [2.45, 2.75) is 6.61 Å². The molecule has 0 saturated heterocycles. The predicted molar refractivity (Wildman–Crippen MR) is 69.7 cm³/mol. The van der Waals surface area contributed by atoms with Crippen molar-refractivity contribution in [2.75, 3.05) is 0 Å². The molecule has 0 radical (unpaired) electrons. The molecule has 0 bridgehead atoms. The van der Waals surface area contributed by atoms with Crippen LogP contribution in [0.1, 0.15) is 15.2 Å². The summed E-state index contributed by atoms with van der Waals surface area (Å²) in [4.78, 5) is 11.0. The van der Waals surface area contributed by atoms with E-state index in [1.54, 1.807) is 23.6 Å². The van der Waals surface area contributed by atoms with E-state index < -0.39 is 11.8 Å². The lowest BCUT2D eigenvalue weighted by molar-refractivity contribution is 0.0697. The van der Waals surface area contributed by atoms with E-state index in [1.807, 2.05) is 0 Å². The summed E-state index contributed by atoms with van der Waals surface area (Å²) in [7, 11) is 0. The molecule has 1 aromatic heterocycles. The van der Waals surface area contributed by atoms with Gasteiger partial charge in [0.05, 0.1) is 0 Å². The van der Waals surface area contributed by atoms with Crippen LogP contribution in [0, 0.1) is 5.82 Å². The first kappa shape index (κ1) is 13.0. The Labute approximate surface area is 115 Å². The van der Waals surface area contributed by atoms with Crippen molar-refractivity contribution in [3.63, 3.8) is 0 Å². The summed E-state index contributed by atoms with van der Waals surface area (Å²) >= 11 is 4.23. The maximum atomic E-state index is 13.5. The van der Waals surface area contributed by atoms with Gasteiger partial charge in [-0.05, 0) is 23.6 Å². The minimum Gasteiger partial charge on any atom is -0.487 e. The Bertz CT molecular complexity index is 582. The van der Waals surface area contributed by atoms with Gasteiger partial charge in [0, 0.05) is 10.0 Å². The van der Waals surface area contributed by atoms with E-state index >= 15 is 0 Å². The summed E-state index contributed by atoms with van der Waals surface area (Å²) in [6.07, 6.45) is 0. The van der Waals surface area contributed by atoms with Crippen LogP contribution in [0.4, 0.5) is 4.39 Å². The van der Waals surface area contributed by atoms with Crippen molar-refractivity contribution < 1.29 is 19.0 Å². The van der Waals surface area contributed by atoms with Gasteiger partial charge in [0.15, 0.2) is 4.88 Å². The van der Waals surface area contributed by atoms with Gasteiger partial charge in [-0.3, -0.25) is 0 Å². The number of hydrogen-bond donors (Lipinski definition) is 1. The second-order valence-electron chi connectivity index (χ2n) is 3.44. The van der Waals surface area contributed by atoms with E-state index in [4.69, 9.17) is 9.84 Å². The Morgan fingerprint density at radius 3 is 2.89 bits per heavy atom. The Hall–Kier alpha value is -1.40. The molecule has 0 amide bonds. The Morgan fingerprint density at radius 2 is 2.22 bits per heavy atom. The lowest BCUT2D eigenvalue weighted by atomic mass is 10.2. The van der Waals surface area contributed by atoms with Gasteiger partial charge >= 0.3 is 5.97 Å². The number of ether oxygens (including phenoxy) is 1. The molecule has 0 fully saturated rings. The summed E-state index contributed by atoms with van der Waals surface area (Å²) in [5.74, 6) is -1.18. The summed E-state index contributed by atoms with van der Waals surface area (Å²) < 4.78 is 19.5. The predicted octanol–water partition coefficient (Wildman–Crippen LogP) is 3.93. The Balaban J connectivity index is 2.11. The maximum absolute atomic E-state index is 13.5. The normalized spacial score (nSPS) is 10.3. The van der Waals surface area contributed by atoms with Gasteiger partial charge in [-0.25, -0.2) is 9.18 Å². The van der Waals surface area contributed by atoms with E-state index in [2.05, 4.69) is 15.9 Å². The highest BCUT2D eigenvalue weighted by molar-refractivity contribution is 9.10. The molecule has 0 unspecified atom stereocenters. The molecule has 94 valence electrons. The van der Waals surface area contributed by atoms with Crippen LogP contribution in [-0.4, -0.2) is 11.1 Å². The molecule has 2 aromatic rings. The number of halogens is 2. The largest absolute Gasteiger partial charge is 0.487 e. The van der Waals surface area contributed by atoms with Gasteiger partial charge < -0.3 is 9.84 Å². The number of benzene rings is 1. The topological polar surface area (TPSA) is 46.5 Å². The zero-order chi connectivity index (χ0) is 13.1. The molecule has 18 heavy (non-hydrogen) atoms. The van der Waals surface area contributed by atoms with E-state index in [9.17, 15) is 9.18 Å². The van der Waals surface area contributed by atoms with Crippen LogP contribution >= 0.6 is 27.3 Å². The van der Waals surface area contributed by atoms with Crippen molar-refractivity contribution in [3.8, 4) is 5.75 Å². The zero-order valence-electron chi connectivity index (χ0n) is 9.02. The SMILES string of the molecule is O=C(O)c1sccc1OCc1ccc(Br)cc1F. The first-order valence-electron chi connectivity index (χ1n) is 4.95. The maximum Gasteiger partial charge on any atom is 0.349 e. The number of aromatic carboxylic acids is 1. The molecular weight excluding hydrogens is 323 g/mol. The summed E-state index contributed by atoms with van der Waals surface area (Å²) in [5.41, 5.74) is 0.376. The van der Waals surface area contributed by atoms with Gasteiger partial charge in [0.25, 0.3) is 0 Å². The lowest BCUT2D eigenvalue weighted by Gasteiger charge is -2.06. The van der Waals surface area contributed by atoms with Crippen molar-refractivity contribution in [3.05, 3.63) is 50.4 Å². The molecule has 0 aliphatic carbocycles. The fourth-order valence-electron chi connectivity index (χ4n) is 1.36. The molecular formula is C12H8BrFO3S. The van der Waals surface area contributed by atoms with Crippen LogP contribution in [0.5, 0.6) is 5.75 Å². The van der Waals surface area contributed by atoms with Gasteiger partial charge in [-0.2, -0.15) is 0 Å². The van der Waals surface area contributed by atoms with Crippen LogP contribution in [0.25, 0.3) is 0 Å². The molecule has 1 N–H and O–H groups in total. The summed E-state index contributed by atoms with van der Waals surface area (Å²) in [6.45, 7) is -0.00384. The van der Waals surface area contributed by atoms with Crippen molar-refractivity contribution in [2.24, 2.45) is 0 Å². The number of carbonyl (C=O) groups is 1. The molecule has 0 saturated carbocycles. The average Bonchev–Trinajstić information content (AvgIpc) is 2.76. The number of rotatable bonds is 4. The third-order valence-electron chi connectivity index (χ3n) is 2.22. The van der Waals surface area contributed by atoms with E-state index in [0.29, 0.717) is 10.0 Å². The molecule has 2 rings (SSSR count). The molecule has 3 nitrogen and oxygen atoms in total. The second kappa shape index (κ2) is 5.49. The number of hydrogen-bond acceptors (Lipinski definition) is 3. The summed E-state index contributed by atoms with van der Waals surface area (Å²) in [6, 6.07) is 6.19. The van der Waals surface area contributed by atoms with Gasteiger partial charge in [-0.1, -0.05) is 22.0 Å². The highest BCUT2D eigenvalue weighted by atomic mass is 79.9. The quantitative estimate of drug-likeness (QED) is 0.923. The first-order valence-corrected chi connectivity index (χ1v) is 6.62. The molecule has 0 atom stereocenters. The third-order valence-corrected chi connectivity index (χ3v) is 3.60. The second-order valence-corrected chi connectivity index (χ2v) is 5.28. The fourth-order valence-corrected chi connectivity index (χ4v) is 2.37.